The molecule has 1 N–H and O–H groups in total. The molecule has 2 rings (SSSR count). The maximum absolute atomic E-state index is 8.33. The van der Waals surface area contributed by atoms with E-state index in [-0.39, 0.29) is 0 Å². The minimum Gasteiger partial charge on any atom is -0.411 e. The molecule has 0 aliphatic heterocycles. The highest BCUT2D eigenvalue weighted by Gasteiger charge is 2.08. The second kappa shape index (κ2) is 2.76. The molecule has 0 saturated heterocycles. The van der Waals surface area contributed by atoms with E-state index < -0.39 is 0 Å². The number of thiazole rings is 1. The highest BCUT2D eigenvalue weighted by Crippen LogP contribution is 2.19. The summed E-state index contributed by atoms with van der Waals surface area (Å²) in [5, 5.41) is 13.5. The van der Waals surface area contributed by atoms with Gasteiger partial charge in [-0.25, -0.2) is 4.98 Å². The number of aromatic nitrogens is 2. The highest BCUT2D eigenvalue weighted by atomic mass is 35.5. The van der Waals surface area contributed by atoms with Crippen molar-refractivity contribution in [1.29, 1.82) is 0 Å². The van der Waals surface area contributed by atoms with Crippen LogP contribution < -0.4 is 0 Å². The van der Waals surface area contributed by atoms with Gasteiger partial charge in [-0.2, -0.15) is 0 Å². The first-order chi connectivity index (χ1) is 5.83. The normalized spacial score (nSPS) is 11.8. The smallest absolute Gasteiger partial charge is 0.195 e. The molecule has 62 valence electrons. The maximum Gasteiger partial charge on any atom is 0.195 e. The summed E-state index contributed by atoms with van der Waals surface area (Å²) in [5.41, 5.74) is 0.593. The third kappa shape index (κ3) is 0.981. The van der Waals surface area contributed by atoms with E-state index in [4.69, 9.17) is 16.8 Å². The van der Waals surface area contributed by atoms with Crippen LogP contribution in [0.3, 0.4) is 0 Å². The molecule has 0 bridgehead atoms. The molecule has 2 aromatic rings. The highest BCUT2D eigenvalue weighted by molar-refractivity contribution is 7.15. The van der Waals surface area contributed by atoms with Gasteiger partial charge in [0, 0.05) is 11.6 Å². The zero-order valence-electron chi connectivity index (χ0n) is 5.81. The van der Waals surface area contributed by atoms with Gasteiger partial charge in [0.25, 0.3) is 0 Å². The Bertz CT molecular complexity index is 433. The first kappa shape index (κ1) is 7.57. The zero-order valence-corrected chi connectivity index (χ0v) is 7.38. The number of halogens is 1. The number of rotatable bonds is 1. The first-order valence-corrected chi connectivity index (χ1v) is 4.37. The van der Waals surface area contributed by atoms with Crippen molar-refractivity contribution in [3.63, 3.8) is 0 Å². The van der Waals surface area contributed by atoms with Gasteiger partial charge < -0.3 is 5.21 Å². The molecule has 0 fully saturated rings. The largest absolute Gasteiger partial charge is 0.411 e. The number of oxime groups is 1. The van der Waals surface area contributed by atoms with E-state index in [0.717, 1.165) is 4.96 Å². The standard InChI is InChI=1S/C6H4ClN3OS/c7-5-4(3-8-11)10-1-2-12-6(10)9-5/h1-3,11H/b8-3-. The molecule has 2 heterocycles. The Labute approximate surface area is 76.7 Å². The van der Waals surface area contributed by atoms with Crippen LogP contribution in [0, 0.1) is 0 Å². The lowest BCUT2D eigenvalue weighted by molar-refractivity contribution is 0.321. The van der Waals surface area contributed by atoms with Crippen molar-refractivity contribution < 1.29 is 5.21 Å². The Kier molecular flexibility index (Phi) is 1.74. The van der Waals surface area contributed by atoms with Crippen molar-refractivity contribution in [2.45, 2.75) is 0 Å². The first-order valence-electron chi connectivity index (χ1n) is 3.11. The lowest BCUT2D eigenvalue weighted by Gasteiger charge is -1.86. The fraction of sp³-hybridized carbons (Fsp3) is 0. The van der Waals surface area contributed by atoms with Crippen LogP contribution in [0.2, 0.25) is 5.15 Å². The van der Waals surface area contributed by atoms with E-state index in [1.165, 1.54) is 17.6 Å². The van der Waals surface area contributed by atoms with Crippen LogP contribution in [0.15, 0.2) is 16.7 Å². The Morgan fingerprint density at radius 1 is 1.75 bits per heavy atom. The summed E-state index contributed by atoms with van der Waals surface area (Å²) in [4.78, 5) is 4.82. The van der Waals surface area contributed by atoms with Gasteiger partial charge in [0.1, 0.15) is 5.69 Å². The molecular formula is C6H4ClN3OS. The topological polar surface area (TPSA) is 49.9 Å². The minimum absolute atomic E-state index is 0.347. The summed E-state index contributed by atoms with van der Waals surface area (Å²) in [6, 6.07) is 0. The molecule has 12 heavy (non-hydrogen) atoms. The van der Waals surface area contributed by atoms with Gasteiger partial charge in [-0.15, -0.1) is 11.3 Å². The Morgan fingerprint density at radius 3 is 3.33 bits per heavy atom. The van der Waals surface area contributed by atoms with Gasteiger partial charge in [-0.3, -0.25) is 4.40 Å². The van der Waals surface area contributed by atoms with Crippen LogP contribution in [0.5, 0.6) is 0 Å². The average molecular weight is 202 g/mol. The van der Waals surface area contributed by atoms with E-state index >= 15 is 0 Å². The van der Waals surface area contributed by atoms with E-state index in [1.807, 2.05) is 11.6 Å². The molecule has 0 aliphatic carbocycles. The maximum atomic E-state index is 8.33. The van der Waals surface area contributed by atoms with Crippen LogP contribution in [-0.2, 0) is 0 Å². The Hall–Kier alpha value is -1.07. The van der Waals surface area contributed by atoms with Crippen molar-refractivity contribution in [1.82, 2.24) is 9.38 Å². The predicted octanol–water partition coefficient (Wildman–Crippen LogP) is 1.86. The third-order valence-corrected chi connectivity index (χ3v) is 2.47. The summed E-state index contributed by atoms with van der Waals surface area (Å²) in [6.45, 7) is 0. The van der Waals surface area contributed by atoms with Crippen LogP contribution in [0.25, 0.3) is 4.96 Å². The monoisotopic (exact) mass is 201 g/mol. The number of hydrogen-bond donors (Lipinski definition) is 1. The Balaban J connectivity index is 2.75. The van der Waals surface area contributed by atoms with Gasteiger partial charge in [0.15, 0.2) is 10.1 Å². The molecule has 0 unspecified atom stereocenters. The van der Waals surface area contributed by atoms with E-state index in [2.05, 4.69) is 10.1 Å². The lowest BCUT2D eigenvalue weighted by Crippen LogP contribution is -1.87. The minimum atomic E-state index is 0.347. The molecule has 4 nitrogen and oxygen atoms in total. The zero-order chi connectivity index (χ0) is 8.55. The van der Waals surface area contributed by atoms with Crippen LogP contribution in [0.4, 0.5) is 0 Å². The molecule has 0 amide bonds. The second-order valence-electron chi connectivity index (χ2n) is 2.09. The van der Waals surface area contributed by atoms with Crippen molar-refractivity contribution >= 4 is 34.1 Å². The van der Waals surface area contributed by atoms with E-state index in [9.17, 15) is 0 Å². The van der Waals surface area contributed by atoms with Gasteiger partial charge in [0.2, 0.25) is 0 Å². The number of nitrogens with zero attached hydrogens (tertiary/aromatic N) is 3. The summed E-state index contributed by atoms with van der Waals surface area (Å²) < 4.78 is 1.76. The molecular weight excluding hydrogens is 198 g/mol. The molecule has 2 aromatic heterocycles. The predicted molar refractivity (Wildman–Crippen MR) is 47.5 cm³/mol. The summed E-state index contributed by atoms with van der Waals surface area (Å²) in [6.07, 6.45) is 3.07. The fourth-order valence-electron chi connectivity index (χ4n) is 0.947. The second-order valence-corrected chi connectivity index (χ2v) is 3.32. The molecule has 0 saturated carbocycles. The van der Waals surface area contributed by atoms with Crippen molar-refractivity contribution in [2.24, 2.45) is 5.16 Å². The Morgan fingerprint density at radius 2 is 2.58 bits per heavy atom. The fourth-order valence-corrected chi connectivity index (χ4v) is 1.94. The molecule has 0 spiro atoms. The number of fused-ring (bicyclic) bond motifs is 1. The molecule has 0 atom stereocenters. The van der Waals surface area contributed by atoms with Crippen LogP contribution >= 0.6 is 22.9 Å². The van der Waals surface area contributed by atoms with Gasteiger partial charge in [-0.05, 0) is 0 Å². The summed E-state index contributed by atoms with van der Waals surface area (Å²) >= 11 is 7.23. The van der Waals surface area contributed by atoms with Gasteiger partial charge in [-0.1, -0.05) is 16.8 Å². The summed E-state index contributed by atoms with van der Waals surface area (Å²) in [5.74, 6) is 0. The SMILES string of the molecule is O/N=C\c1c(Cl)nc2sccn12. The van der Waals surface area contributed by atoms with Gasteiger partial charge in [0.05, 0.1) is 6.21 Å². The molecule has 0 aromatic carbocycles. The van der Waals surface area contributed by atoms with E-state index in [1.54, 1.807) is 4.40 Å². The van der Waals surface area contributed by atoms with E-state index in [0.29, 0.717) is 10.8 Å². The number of imidazole rings is 1. The van der Waals surface area contributed by atoms with Crippen molar-refractivity contribution in [3.05, 3.63) is 22.4 Å². The number of hydrogen-bond acceptors (Lipinski definition) is 4. The average Bonchev–Trinajstić information content (AvgIpc) is 2.56. The third-order valence-electron chi connectivity index (χ3n) is 1.43. The van der Waals surface area contributed by atoms with Crippen LogP contribution in [-0.4, -0.2) is 20.8 Å². The molecule has 0 aliphatic rings. The van der Waals surface area contributed by atoms with Crippen molar-refractivity contribution in [3.8, 4) is 0 Å². The molecule has 0 radical (unpaired) electrons. The molecule has 6 heteroatoms. The lowest BCUT2D eigenvalue weighted by atomic mass is 10.5. The van der Waals surface area contributed by atoms with Crippen molar-refractivity contribution in [2.75, 3.05) is 0 Å². The van der Waals surface area contributed by atoms with Gasteiger partial charge >= 0.3 is 0 Å². The quantitative estimate of drug-likeness (QED) is 0.435. The van der Waals surface area contributed by atoms with Crippen LogP contribution in [0.1, 0.15) is 5.69 Å². The summed E-state index contributed by atoms with van der Waals surface area (Å²) in [7, 11) is 0.